The molecule has 0 spiro atoms. The Morgan fingerprint density at radius 2 is 1.62 bits per heavy atom. The first-order valence-electron chi connectivity index (χ1n) is 6.14. The molecule has 16 heavy (non-hydrogen) atoms. The Morgan fingerprint density at radius 1 is 1.06 bits per heavy atom. The third-order valence-electron chi connectivity index (χ3n) is 3.83. The zero-order valence-electron chi connectivity index (χ0n) is 10.1. The van der Waals surface area contributed by atoms with Gasteiger partial charge in [0.15, 0.2) is 0 Å². The zero-order chi connectivity index (χ0) is 11.5. The first-order chi connectivity index (χ1) is 7.66. The number of piperidine rings is 1. The lowest BCUT2D eigenvalue weighted by molar-refractivity contribution is 0.0767. The molecule has 0 aromatic heterocycles. The Hall–Kier alpha value is -0.810. The molecule has 0 aromatic carbocycles. The van der Waals surface area contributed by atoms with Crippen LogP contribution in [0.3, 0.4) is 0 Å². The predicted octanol–water partition coefficient (Wildman–Crippen LogP) is -0.223. The quantitative estimate of drug-likeness (QED) is 0.672. The fourth-order valence-electron chi connectivity index (χ4n) is 2.67. The number of primary amides is 1. The second-order valence-corrected chi connectivity index (χ2v) is 4.90. The lowest BCUT2D eigenvalue weighted by Gasteiger charge is -2.41. The summed E-state index contributed by atoms with van der Waals surface area (Å²) in [7, 11) is 2.18. The number of amides is 2. The van der Waals surface area contributed by atoms with E-state index in [0.717, 1.165) is 26.2 Å². The predicted molar refractivity (Wildman–Crippen MR) is 63.2 cm³/mol. The Kier molecular flexibility index (Phi) is 3.66. The Labute approximate surface area is 97.2 Å². The van der Waals surface area contributed by atoms with E-state index in [0.29, 0.717) is 6.04 Å². The number of hydrogen-bond acceptors (Lipinski definition) is 3. The van der Waals surface area contributed by atoms with Crippen LogP contribution in [0.5, 0.6) is 0 Å². The molecule has 2 aliphatic rings. The summed E-state index contributed by atoms with van der Waals surface area (Å²) in [6.07, 6.45) is 2.51. The summed E-state index contributed by atoms with van der Waals surface area (Å²) in [6.45, 7) is 5.94. The molecule has 2 N–H and O–H groups in total. The normalized spacial score (nSPS) is 25.9. The van der Waals surface area contributed by atoms with E-state index in [1.165, 1.54) is 25.9 Å². The minimum Gasteiger partial charge on any atom is -0.351 e. The molecule has 92 valence electrons. The monoisotopic (exact) mass is 226 g/mol. The van der Waals surface area contributed by atoms with E-state index in [4.69, 9.17) is 5.73 Å². The highest BCUT2D eigenvalue weighted by molar-refractivity contribution is 5.72. The summed E-state index contributed by atoms with van der Waals surface area (Å²) in [5.41, 5.74) is 5.27. The molecule has 0 atom stereocenters. The summed E-state index contributed by atoms with van der Waals surface area (Å²) >= 11 is 0. The summed E-state index contributed by atoms with van der Waals surface area (Å²) in [5.74, 6) is 0. The number of nitrogens with zero attached hydrogens (tertiary/aromatic N) is 3. The van der Waals surface area contributed by atoms with Crippen LogP contribution in [0.2, 0.25) is 0 Å². The second kappa shape index (κ2) is 5.01. The maximum Gasteiger partial charge on any atom is 0.314 e. The highest BCUT2D eigenvalue weighted by Gasteiger charge is 2.27. The van der Waals surface area contributed by atoms with Gasteiger partial charge in [0.1, 0.15) is 0 Å². The maximum atomic E-state index is 11.0. The molecular weight excluding hydrogens is 204 g/mol. The van der Waals surface area contributed by atoms with E-state index in [-0.39, 0.29) is 6.03 Å². The Morgan fingerprint density at radius 3 is 2.12 bits per heavy atom. The van der Waals surface area contributed by atoms with Crippen molar-refractivity contribution < 1.29 is 4.79 Å². The van der Waals surface area contributed by atoms with Gasteiger partial charge in [0, 0.05) is 32.2 Å². The number of carbonyl (C=O) groups excluding carboxylic acids is 1. The topological polar surface area (TPSA) is 52.8 Å². The van der Waals surface area contributed by atoms with Crippen molar-refractivity contribution in [2.24, 2.45) is 5.73 Å². The molecule has 0 saturated carbocycles. The molecule has 0 aliphatic carbocycles. The first-order valence-corrected chi connectivity index (χ1v) is 6.14. The van der Waals surface area contributed by atoms with Gasteiger partial charge in [0.2, 0.25) is 0 Å². The molecule has 0 aromatic rings. The third-order valence-corrected chi connectivity index (χ3v) is 3.83. The van der Waals surface area contributed by atoms with Crippen LogP contribution in [0.15, 0.2) is 0 Å². The van der Waals surface area contributed by atoms with Gasteiger partial charge < -0.3 is 15.5 Å². The summed E-state index contributed by atoms with van der Waals surface area (Å²) in [5, 5.41) is 0. The molecule has 2 rings (SSSR count). The summed E-state index contributed by atoms with van der Waals surface area (Å²) in [6, 6.07) is 0.439. The average Bonchev–Trinajstić information content (AvgIpc) is 2.30. The van der Waals surface area contributed by atoms with Crippen LogP contribution in [-0.4, -0.2) is 73.1 Å². The third kappa shape index (κ3) is 2.65. The van der Waals surface area contributed by atoms with Gasteiger partial charge in [-0.1, -0.05) is 0 Å². The van der Waals surface area contributed by atoms with Crippen LogP contribution < -0.4 is 5.73 Å². The minimum absolute atomic E-state index is 0.275. The molecule has 0 unspecified atom stereocenters. The molecule has 2 amide bonds. The molecule has 2 fully saturated rings. The lowest BCUT2D eigenvalue weighted by atomic mass is 10.0. The molecule has 2 aliphatic heterocycles. The van der Waals surface area contributed by atoms with Crippen molar-refractivity contribution in [1.29, 1.82) is 0 Å². The highest BCUT2D eigenvalue weighted by atomic mass is 16.2. The fourth-order valence-corrected chi connectivity index (χ4v) is 2.67. The standard InChI is InChI=1S/C11H22N4O/c1-13-4-2-10(3-5-13)14-6-8-15(9-7-14)11(12)16/h10H,2-9H2,1H3,(H2,12,16). The van der Waals surface area contributed by atoms with Crippen LogP contribution in [0.4, 0.5) is 4.79 Å². The van der Waals surface area contributed by atoms with E-state index in [1.807, 2.05) is 0 Å². The molecule has 0 radical (unpaired) electrons. The minimum atomic E-state index is -0.275. The zero-order valence-corrected chi connectivity index (χ0v) is 10.1. The Balaban J connectivity index is 1.78. The van der Waals surface area contributed by atoms with Gasteiger partial charge in [-0.15, -0.1) is 0 Å². The molecular formula is C11H22N4O. The van der Waals surface area contributed by atoms with Crippen molar-refractivity contribution in [2.45, 2.75) is 18.9 Å². The molecule has 2 saturated heterocycles. The van der Waals surface area contributed by atoms with Crippen molar-refractivity contribution in [3.05, 3.63) is 0 Å². The number of nitrogens with two attached hydrogens (primary N) is 1. The van der Waals surface area contributed by atoms with E-state index in [2.05, 4.69) is 16.8 Å². The van der Waals surface area contributed by atoms with Crippen LogP contribution in [0, 0.1) is 0 Å². The van der Waals surface area contributed by atoms with Gasteiger partial charge >= 0.3 is 6.03 Å². The Bertz CT molecular complexity index is 242. The molecule has 2 heterocycles. The van der Waals surface area contributed by atoms with Crippen molar-refractivity contribution in [2.75, 3.05) is 46.3 Å². The van der Waals surface area contributed by atoms with E-state index in [1.54, 1.807) is 4.90 Å². The van der Waals surface area contributed by atoms with E-state index >= 15 is 0 Å². The van der Waals surface area contributed by atoms with Gasteiger partial charge in [-0.2, -0.15) is 0 Å². The van der Waals surface area contributed by atoms with Crippen molar-refractivity contribution in [3.8, 4) is 0 Å². The van der Waals surface area contributed by atoms with E-state index < -0.39 is 0 Å². The van der Waals surface area contributed by atoms with Crippen molar-refractivity contribution in [1.82, 2.24) is 14.7 Å². The van der Waals surface area contributed by atoms with Crippen LogP contribution in [-0.2, 0) is 0 Å². The van der Waals surface area contributed by atoms with Gasteiger partial charge in [0.05, 0.1) is 0 Å². The number of likely N-dealkylation sites (tertiary alicyclic amines) is 1. The smallest absolute Gasteiger partial charge is 0.314 e. The highest BCUT2D eigenvalue weighted by Crippen LogP contribution is 2.17. The number of piperazine rings is 1. The van der Waals surface area contributed by atoms with Crippen LogP contribution in [0.25, 0.3) is 0 Å². The number of hydrogen-bond donors (Lipinski definition) is 1. The lowest BCUT2D eigenvalue weighted by Crippen LogP contribution is -2.55. The van der Waals surface area contributed by atoms with Gasteiger partial charge in [0.25, 0.3) is 0 Å². The first kappa shape index (κ1) is 11.7. The summed E-state index contributed by atoms with van der Waals surface area (Å²) < 4.78 is 0. The fraction of sp³-hybridized carbons (Fsp3) is 0.909. The van der Waals surface area contributed by atoms with Crippen LogP contribution >= 0.6 is 0 Å². The van der Waals surface area contributed by atoms with E-state index in [9.17, 15) is 4.79 Å². The number of rotatable bonds is 1. The average molecular weight is 226 g/mol. The largest absolute Gasteiger partial charge is 0.351 e. The van der Waals surface area contributed by atoms with Crippen LogP contribution in [0.1, 0.15) is 12.8 Å². The molecule has 0 bridgehead atoms. The van der Waals surface area contributed by atoms with Gasteiger partial charge in [-0.25, -0.2) is 4.79 Å². The van der Waals surface area contributed by atoms with Crippen molar-refractivity contribution in [3.63, 3.8) is 0 Å². The van der Waals surface area contributed by atoms with Crippen molar-refractivity contribution >= 4 is 6.03 Å². The number of carbonyl (C=O) groups is 1. The SMILES string of the molecule is CN1CCC(N2CCN(C(N)=O)CC2)CC1. The van der Waals surface area contributed by atoms with Gasteiger partial charge in [-0.05, 0) is 33.0 Å². The number of urea groups is 1. The molecule has 5 nitrogen and oxygen atoms in total. The van der Waals surface area contributed by atoms with Gasteiger partial charge in [-0.3, -0.25) is 4.90 Å². The summed E-state index contributed by atoms with van der Waals surface area (Å²) in [4.78, 5) is 17.7. The molecule has 5 heteroatoms. The second-order valence-electron chi connectivity index (χ2n) is 4.90. The maximum absolute atomic E-state index is 11.0.